The summed E-state index contributed by atoms with van der Waals surface area (Å²) in [6.45, 7) is 18.5. The molecule has 6 rings (SSSR count). The summed E-state index contributed by atoms with van der Waals surface area (Å²) >= 11 is 1.61. The molecule has 241 valence electrons. The van der Waals surface area contributed by atoms with Crippen molar-refractivity contribution in [1.82, 2.24) is 9.97 Å². The minimum absolute atomic E-state index is 0. The molecule has 0 aliphatic rings. The van der Waals surface area contributed by atoms with Crippen molar-refractivity contribution in [2.75, 3.05) is 0 Å². The van der Waals surface area contributed by atoms with E-state index in [9.17, 15) is 4.39 Å². The van der Waals surface area contributed by atoms with Crippen molar-refractivity contribution in [3.63, 3.8) is 0 Å². The van der Waals surface area contributed by atoms with E-state index in [4.69, 9.17) is 4.98 Å². The van der Waals surface area contributed by atoms with Gasteiger partial charge in [0, 0.05) is 37.2 Å². The number of pyridine rings is 2. The van der Waals surface area contributed by atoms with Crippen LogP contribution in [-0.2, 0) is 32.9 Å². The average molecular weight is 823 g/mol. The smallest absolute Gasteiger partial charge is 0.124 e. The first kappa shape index (κ1) is 35.8. The van der Waals surface area contributed by atoms with Crippen molar-refractivity contribution in [3.05, 3.63) is 114 Å². The molecule has 1 radical (unpaired) electrons. The Morgan fingerprint density at radius 3 is 2.33 bits per heavy atom. The fraction of sp³-hybridized carbons (Fsp3) is 0.300. The molecule has 2 nitrogen and oxygen atoms in total. The molecule has 6 heteroatoms. The Kier molecular flexibility index (Phi) is 11.5. The van der Waals surface area contributed by atoms with Crippen LogP contribution < -0.4 is 5.19 Å². The fourth-order valence-corrected chi connectivity index (χ4v) is 8.51. The molecule has 3 heterocycles. The second-order valence-corrected chi connectivity index (χ2v) is 20.6. The van der Waals surface area contributed by atoms with Gasteiger partial charge in [-0.1, -0.05) is 89.0 Å². The van der Waals surface area contributed by atoms with Crippen molar-refractivity contribution in [2.24, 2.45) is 11.3 Å². The van der Waals surface area contributed by atoms with Gasteiger partial charge in [0.25, 0.3) is 0 Å². The molecule has 0 bridgehead atoms. The second kappa shape index (κ2) is 14.8. The maximum Gasteiger partial charge on any atom is 0.124 e. The van der Waals surface area contributed by atoms with Gasteiger partial charge < -0.3 is 9.97 Å². The summed E-state index contributed by atoms with van der Waals surface area (Å²) in [6, 6.07) is 30.2. The van der Waals surface area contributed by atoms with E-state index in [2.05, 4.69) is 102 Å². The van der Waals surface area contributed by atoms with Gasteiger partial charge in [0.2, 0.25) is 0 Å². The molecule has 46 heavy (non-hydrogen) atoms. The molecule has 0 aliphatic carbocycles. The number of hydrogen-bond acceptors (Lipinski definition) is 3. The first-order valence-electron chi connectivity index (χ1n) is 15.7. The molecule has 3 aromatic carbocycles. The predicted molar refractivity (Wildman–Crippen MR) is 195 cm³/mol. The molecule has 0 N–H and O–H groups in total. The monoisotopic (exact) mass is 823 g/mol. The summed E-state index contributed by atoms with van der Waals surface area (Å²) in [5.74, 6) is 0.406. The van der Waals surface area contributed by atoms with Crippen molar-refractivity contribution < 1.29 is 24.5 Å². The van der Waals surface area contributed by atoms with E-state index in [1.54, 1.807) is 17.4 Å². The van der Waals surface area contributed by atoms with E-state index in [0.29, 0.717) is 5.92 Å². The van der Waals surface area contributed by atoms with Gasteiger partial charge in [0.1, 0.15) is 5.82 Å². The largest absolute Gasteiger partial charge is 0.305 e. The number of aromatic nitrogens is 2. The third-order valence-electron chi connectivity index (χ3n) is 7.62. The summed E-state index contributed by atoms with van der Waals surface area (Å²) in [5.41, 5.74) is 7.08. The topological polar surface area (TPSA) is 25.8 Å². The van der Waals surface area contributed by atoms with Crippen LogP contribution in [0.2, 0.25) is 19.6 Å². The van der Waals surface area contributed by atoms with Crippen LogP contribution in [0.5, 0.6) is 0 Å². The van der Waals surface area contributed by atoms with Crippen molar-refractivity contribution in [1.29, 1.82) is 0 Å². The minimum atomic E-state index is -1.37. The quantitative estimate of drug-likeness (QED) is 0.124. The molecular weight excluding hydrogens is 780 g/mol. The number of rotatable bonds is 6. The SMILES string of the molecule is CC(C)(C)Cc1cc(-c2[c-]cccc2)ncc1[Si](C)(C)C.CC(C)Cc1ccnc(-c2[c-]ccc3c2sc2cc(F)ccc23)c1.[Ir]. The van der Waals surface area contributed by atoms with Gasteiger partial charge in [-0.2, -0.15) is 11.3 Å². The summed E-state index contributed by atoms with van der Waals surface area (Å²) in [7, 11) is -1.37. The Morgan fingerprint density at radius 1 is 0.870 bits per heavy atom. The third-order valence-corrected chi connectivity index (χ3v) is 10.9. The molecule has 0 aliphatic heterocycles. The molecule has 0 saturated heterocycles. The number of hydrogen-bond donors (Lipinski definition) is 0. The zero-order valence-corrected chi connectivity index (χ0v) is 32.3. The number of fused-ring (bicyclic) bond motifs is 3. The average Bonchev–Trinajstić information content (AvgIpc) is 3.34. The first-order valence-corrected chi connectivity index (χ1v) is 20.0. The van der Waals surface area contributed by atoms with Gasteiger partial charge in [-0.05, 0) is 69.0 Å². The van der Waals surface area contributed by atoms with Crippen molar-refractivity contribution >= 4 is 44.8 Å². The molecule has 0 spiro atoms. The Balaban J connectivity index is 0.000000207. The molecule has 0 amide bonds. The van der Waals surface area contributed by atoms with Gasteiger partial charge in [-0.3, -0.25) is 0 Å². The van der Waals surface area contributed by atoms with Crippen molar-refractivity contribution in [3.8, 4) is 22.5 Å². The van der Waals surface area contributed by atoms with Crippen LogP contribution in [0.25, 0.3) is 42.7 Å². The summed E-state index contributed by atoms with van der Waals surface area (Å²) in [4.78, 5) is 9.27. The van der Waals surface area contributed by atoms with Crippen LogP contribution in [0.15, 0.2) is 85.2 Å². The van der Waals surface area contributed by atoms with Crippen LogP contribution in [0.4, 0.5) is 4.39 Å². The van der Waals surface area contributed by atoms with E-state index in [1.807, 2.05) is 42.6 Å². The second-order valence-electron chi connectivity index (χ2n) is 14.5. The van der Waals surface area contributed by atoms with Crippen LogP contribution in [0, 0.1) is 29.3 Å². The summed E-state index contributed by atoms with van der Waals surface area (Å²) < 4.78 is 15.6. The molecule has 3 aromatic heterocycles. The number of thiophene rings is 1. The van der Waals surface area contributed by atoms with E-state index in [1.165, 1.54) is 22.4 Å². The Bertz CT molecular complexity index is 1920. The zero-order chi connectivity index (χ0) is 32.4. The minimum Gasteiger partial charge on any atom is -0.305 e. The molecule has 0 saturated carbocycles. The predicted octanol–water partition coefficient (Wildman–Crippen LogP) is 10.9. The van der Waals surface area contributed by atoms with Gasteiger partial charge in [-0.15, -0.1) is 59.7 Å². The summed E-state index contributed by atoms with van der Waals surface area (Å²) in [5, 5.41) is 3.71. The van der Waals surface area contributed by atoms with Crippen LogP contribution in [0.3, 0.4) is 0 Å². The van der Waals surface area contributed by atoms with Crippen LogP contribution in [0.1, 0.15) is 45.7 Å². The molecule has 0 unspecified atom stereocenters. The summed E-state index contributed by atoms with van der Waals surface area (Å²) in [6.07, 6.45) is 6.11. The Labute approximate surface area is 292 Å². The Morgan fingerprint density at radius 2 is 1.65 bits per heavy atom. The first-order chi connectivity index (χ1) is 21.3. The van der Waals surface area contributed by atoms with Gasteiger partial charge in [0.05, 0.1) is 8.07 Å². The van der Waals surface area contributed by atoms with Gasteiger partial charge in [-0.25, -0.2) is 4.39 Å². The standard InChI is InChI=1S/C21H17FNS.C19H26NSi.Ir/c1-13(2)10-14-8-9-23-19(11-14)18-5-3-4-17-16-7-6-15(22)12-20(16)24-21(17)18;1-19(2,3)13-16-12-17(15-10-8-7-9-11-15)20-14-18(16)21(4,5)6;/h3-4,6-9,11-13H,10H2,1-2H3;7-10,12,14H,13H2,1-6H3;/q2*-1;. The molecular formula is C40H43FIrN2SSi-2. The van der Waals surface area contributed by atoms with E-state index < -0.39 is 8.07 Å². The maximum absolute atomic E-state index is 13.5. The van der Waals surface area contributed by atoms with Crippen LogP contribution in [-0.4, -0.2) is 18.0 Å². The van der Waals surface area contributed by atoms with Gasteiger partial charge >= 0.3 is 0 Å². The van der Waals surface area contributed by atoms with Gasteiger partial charge in [0.15, 0.2) is 0 Å². The van der Waals surface area contributed by atoms with E-state index >= 15 is 0 Å². The molecule has 0 atom stereocenters. The number of benzene rings is 3. The Hall–Kier alpha value is -3.02. The maximum atomic E-state index is 13.5. The third kappa shape index (κ3) is 8.86. The fourth-order valence-electron chi connectivity index (χ4n) is 5.71. The van der Waals surface area contributed by atoms with Crippen LogP contribution >= 0.6 is 11.3 Å². The zero-order valence-electron chi connectivity index (χ0n) is 28.1. The van der Waals surface area contributed by atoms with E-state index in [-0.39, 0.29) is 31.3 Å². The van der Waals surface area contributed by atoms with E-state index in [0.717, 1.165) is 55.5 Å². The number of halogens is 1. The molecule has 6 aromatic rings. The molecule has 0 fully saturated rings. The normalized spacial score (nSPS) is 11.8. The number of nitrogens with zero attached hydrogens (tertiary/aromatic N) is 2. The van der Waals surface area contributed by atoms with Crippen molar-refractivity contribution in [2.45, 2.75) is 67.1 Å².